The van der Waals surface area contributed by atoms with E-state index in [4.69, 9.17) is 15.9 Å². The molecule has 1 saturated carbocycles. The zero-order chi connectivity index (χ0) is 7.78. The van der Waals surface area contributed by atoms with Gasteiger partial charge in [0.15, 0.2) is 0 Å². The van der Waals surface area contributed by atoms with E-state index < -0.39 is 17.5 Å². The van der Waals surface area contributed by atoms with Crippen molar-refractivity contribution in [3.8, 4) is 0 Å². The Morgan fingerprint density at radius 3 is 2.30 bits per heavy atom. The molecule has 4 N–H and O–H groups in total. The van der Waals surface area contributed by atoms with Gasteiger partial charge in [0.2, 0.25) is 0 Å². The highest BCUT2D eigenvalue weighted by Gasteiger charge is 2.48. The molecule has 1 aliphatic rings. The van der Waals surface area contributed by atoms with Crippen LogP contribution in [0.15, 0.2) is 0 Å². The molecule has 0 unspecified atom stereocenters. The third kappa shape index (κ3) is 0.892. The second kappa shape index (κ2) is 2.21. The topological polar surface area (TPSA) is 83.6 Å². The van der Waals surface area contributed by atoms with Crippen molar-refractivity contribution in [3.63, 3.8) is 0 Å². The van der Waals surface area contributed by atoms with Crippen LogP contribution in [0, 0.1) is 5.41 Å². The highest BCUT2D eigenvalue weighted by atomic mass is 16.4. The molecule has 0 radical (unpaired) electrons. The molecule has 4 nitrogen and oxygen atoms in total. The summed E-state index contributed by atoms with van der Waals surface area (Å²) in [6, 6.07) is 0. The van der Waals surface area contributed by atoms with Crippen LogP contribution in [0.3, 0.4) is 0 Å². The fourth-order valence-corrected chi connectivity index (χ4v) is 1.27. The largest absolute Gasteiger partial charge is 0.481 e. The number of nitrogens with two attached hydrogens (primary N) is 1. The lowest BCUT2D eigenvalue weighted by Gasteiger charge is -2.40. The molecule has 0 aliphatic heterocycles. The number of hydrogen-bond acceptors (Lipinski definition) is 3. The van der Waals surface area contributed by atoms with Crippen LogP contribution in [0.1, 0.15) is 12.8 Å². The molecule has 0 aromatic heterocycles. The normalized spacial score (nSPS) is 38.8. The molecule has 0 saturated heterocycles. The van der Waals surface area contributed by atoms with Crippen molar-refractivity contribution in [2.75, 3.05) is 6.54 Å². The van der Waals surface area contributed by atoms with E-state index in [-0.39, 0.29) is 6.54 Å². The van der Waals surface area contributed by atoms with E-state index in [1.165, 1.54) is 0 Å². The van der Waals surface area contributed by atoms with Gasteiger partial charge >= 0.3 is 5.97 Å². The quantitative estimate of drug-likeness (QED) is 0.473. The zero-order valence-corrected chi connectivity index (χ0v) is 5.58. The Hall–Kier alpha value is -0.610. The highest BCUT2D eigenvalue weighted by Crippen LogP contribution is 2.40. The van der Waals surface area contributed by atoms with E-state index in [0.717, 1.165) is 0 Å². The predicted molar refractivity (Wildman–Crippen MR) is 34.4 cm³/mol. The lowest BCUT2D eigenvalue weighted by Crippen LogP contribution is -2.51. The number of carboxylic acids is 1. The van der Waals surface area contributed by atoms with E-state index in [1.54, 1.807) is 0 Å². The van der Waals surface area contributed by atoms with E-state index in [2.05, 4.69) is 0 Å². The van der Waals surface area contributed by atoms with Crippen LogP contribution in [-0.2, 0) is 4.79 Å². The molecule has 1 rings (SSSR count). The number of rotatable bonds is 2. The van der Waals surface area contributed by atoms with Gasteiger partial charge in [0.05, 0.1) is 11.5 Å². The van der Waals surface area contributed by atoms with Gasteiger partial charge in [-0.2, -0.15) is 0 Å². The van der Waals surface area contributed by atoms with Crippen molar-refractivity contribution < 1.29 is 15.0 Å². The van der Waals surface area contributed by atoms with Gasteiger partial charge in [-0.15, -0.1) is 0 Å². The SMILES string of the molecule is NCC1(C(=O)O)CC(O)C1. The minimum atomic E-state index is -0.889. The molecule has 4 heteroatoms. The first-order valence-corrected chi connectivity index (χ1v) is 3.22. The van der Waals surface area contributed by atoms with Gasteiger partial charge in [-0.05, 0) is 12.8 Å². The summed E-state index contributed by atoms with van der Waals surface area (Å²) in [5.74, 6) is -0.889. The smallest absolute Gasteiger partial charge is 0.311 e. The maximum atomic E-state index is 10.5. The molecule has 1 aliphatic carbocycles. The van der Waals surface area contributed by atoms with E-state index in [9.17, 15) is 4.79 Å². The summed E-state index contributed by atoms with van der Waals surface area (Å²) in [6.45, 7) is 0.124. The number of carbonyl (C=O) groups is 1. The van der Waals surface area contributed by atoms with Crippen LogP contribution in [0.5, 0.6) is 0 Å². The minimum Gasteiger partial charge on any atom is -0.481 e. The Labute approximate surface area is 58.6 Å². The summed E-state index contributed by atoms with van der Waals surface area (Å²) < 4.78 is 0. The average molecular weight is 145 g/mol. The zero-order valence-electron chi connectivity index (χ0n) is 5.58. The van der Waals surface area contributed by atoms with Gasteiger partial charge in [0.1, 0.15) is 0 Å². The van der Waals surface area contributed by atoms with Gasteiger partial charge in [-0.3, -0.25) is 4.79 Å². The second-order valence-electron chi connectivity index (χ2n) is 2.85. The van der Waals surface area contributed by atoms with Crippen molar-refractivity contribution in [2.45, 2.75) is 18.9 Å². The minimum absolute atomic E-state index is 0.124. The Morgan fingerprint density at radius 2 is 2.20 bits per heavy atom. The van der Waals surface area contributed by atoms with Crippen molar-refractivity contribution in [3.05, 3.63) is 0 Å². The van der Waals surface area contributed by atoms with Gasteiger partial charge < -0.3 is 15.9 Å². The second-order valence-corrected chi connectivity index (χ2v) is 2.85. The third-order valence-corrected chi connectivity index (χ3v) is 2.10. The molecule has 58 valence electrons. The summed E-state index contributed by atoms with van der Waals surface area (Å²) in [5, 5.41) is 17.5. The first-order valence-electron chi connectivity index (χ1n) is 3.22. The monoisotopic (exact) mass is 145 g/mol. The summed E-state index contributed by atoms with van der Waals surface area (Å²) in [6.07, 6.45) is 0.150. The van der Waals surface area contributed by atoms with Crippen molar-refractivity contribution in [1.29, 1.82) is 0 Å². The molecular weight excluding hydrogens is 134 g/mol. The molecule has 1 fully saturated rings. The van der Waals surface area contributed by atoms with Crippen LogP contribution < -0.4 is 5.73 Å². The highest BCUT2D eigenvalue weighted by molar-refractivity contribution is 5.76. The number of carboxylic acid groups (broad SMARTS) is 1. The van der Waals surface area contributed by atoms with Crippen molar-refractivity contribution in [2.24, 2.45) is 11.1 Å². The Morgan fingerprint density at radius 1 is 1.70 bits per heavy atom. The fourth-order valence-electron chi connectivity index (χ4n) is 1.27. The first kappa shape index (κ1) is 7.50. The Kier molecular flexibility index (Phi) is 1.66. The molecule has 0 amide bonds. The first-order chi connectivity index (χ1) is 4.60. The summed E-state index contributed by atoms with van der Waals surface area (Å²) in [5.41, 5.74) is 4.42. The number of hydrogen-bond donors (Lipinski definition) is 3. The average Bonchev–Trinajstić information content (AvgIpc) is 1.79. The Bertz CT molecular complexity index is 151. The van der Waals surface area contributed by atoms with Crippen LogP contribution >= 0.6 is 0 Å². The number of aliphatic hydroxyl groups excluding tert-OH is 1. The maximum absolute atomic E-state index is 10.5. The fraction of sp³-hybridized carbons (Fsp3) is 0.833. The van der Waals surface area contributed by atoms with Crippen LogP contribution in [-0.4, -0.2) is 28.8 Å². The number of aliphatic hydroxyl groups is 1. The lowest BCUT2D eigenvalue weighted by molar-refractivity contribution is -0.161. The van der Waals surface area contributed by atoms with E-state index >= 15 is 0 Å². The van der Waals surface area contributed by atoms with Crippen molar-refractivity contribution >= 4 is 5.97 Å². The van der Waals surface area contributed by atoms with Gasteiger partial charge in [0.25, 0.3) is 0 Å². The molecular formula is C6H11NO3. The third-order valence-electron chi connectivity index (χ3n) is 2.10. The molecule has 0 atom stereocenters. The predicted octanol–water partition coefficient (Wildman–Crippen LogP) is -0.829. The number of aliphatic carboxylic acids is 1. The van der Waals surface area contributed by atoms with Gasteiger partial charge in [-0.1, -0.05) is 0 Å². The summed E-state index contributed by atoms with van der Waals surface area (Å²) in [7, 11) is 0. The summed E-state index contributed by atoms with van der Waals surface area (Å²) >= 11 is 0. The van der Waals surface area contributed by atoms with Crippen molar-refractivity contribution in [1.82, 2.24) is 0 Å². The van der Waals surface area contributed by atoms with E-state index in [0.29, 0.717) is 12.8 Å². The lowest BCUT2D eigenvalue weighted by atomic mass is 9.67. The van der Waals surface area contributed by atoms with Crippen LogP contribution in [0.2, 0.25) is 0 Å². The standard InChI is InChI=1S/C6H11NO3/c7-3-6(5(9)10)1-4(8)2-6/h4,8H,1-3,7H2,(H,9,10). The summed E-state index contributed by atoms with van der Waals surface area (Å²) in [4.78, 5) is 10.5. The molecule has 0 bridgehead atoms. The van der Waals surface area contributed by atoms with E-state index in [1.807, 2.05) is 0 Å². The molecule has 0 spiro atoms. The maximum Gasteiger partial charge on any atom is 0.311 e. The van der Waals surface area contributed by atoms with Gasteiger partial charge in [0, 0.05) is 6.54 Å². The van der Waals surface area contributed by atoms with Gasteiger partial charge in [-0.25, -0.2) is 0 Å². The Balaban J connectivity index is 2.56. The molecule has 0 aromatic carbocycles. The van der Waals surface area contributed by atoms with Crippen LogP contribution in [0.4, 0.5) is 0 Å². The molecule has 0 aromatic rings. The molecule has 10 heavy (non-hydrogen) atoms. The van der Waals surface area contributed by atoms with Crippen LogP contribution in [0.25, 0.3) is 0 Å². The molecule has 0 heterocycles.